The number of hydrogen-bond acceptors (Lipinski definition) is 3. The predicted octanol–water partition coefficient (Wildman–Crippen LogP) is 5.36. The van der Waals surface area contributed by atoms with Crippen molar-refractivity contribution in [3.63, 3.8) is 0 Å². The van der Waals surface area contributed by atoms with Gasteiger partial charge in [-0.25, -0.2) is 4.39 Å². The Balaban J connectivity index is 1.67. The number of carbonyl (C=O) groups excluding carboxylic acids is 1. The molecule has 0 aliphatic carbocycles. The van der Waals surface area contributed by atoms with Gasteiger partial charge in [-0.1, -0.05) is 37.6 Å². The van der Waals surface area contributed by atoms with E-state index >= 15 is 0 Å². The molecule has 2 aromatic carbocycles. The van der Waals surface area contributed by atoms with Gasteiger partial charge in [-0.15, -0.1) is 0 Å². The monoisotopic (exact) mass is 372 g/mol. The lowest BCUT2D eigenvalue weighted by atomic mass is 9.97. The molecule has 0 fully saturated rings. The average Bonchev–Trinajstić information content (AvgIpc) is 2.70. The molecule has 27 heavy (non-hydrogen) atoms. The first-order valence-electron chi connectivity index (χ1n) is 9.66. The second-order valence-corrected chi connectivity index (χ2v) is 6.74. The van der Waals surface area contributed by atoms with Crippen LogP contribution in [0.5, 0.6) is 5.75 Å². The number of esters is 1. The van der Waals surface area contributed by atoms with Crippen LogP contribution in [0.1, 0.15) is 43.7 Å². The van der Waals surface area contributed by atoms with Gasteiger partial charge in [-0.3, -0.25) is 4.79 Å². The van der Waals surface area contributed by atoms with Crippen LogP contribution in [0.15, 0.2) is 48.5 Å². The average molecular weight is 372 g/mol. The Morgan fingerprint density at radius 1 is 0.963 bits per heavy atom. The highest BCUT2D eigenvalue weighted by molar-refractivity contribution is 5.72. The highest BCUT2D eigenvalue weighted by Gasteiger charge is 2.15. The molecule has 0 spiro atoms. The standard InChI is InChI=1S/C23H29FO3/c1-3-20(23(25)26-2)7-5-4-6-18-10-14-22(15-11-18)27-17-16-19-8-12-21(24)13-9-19/h8-15,20H,3-7,16-17H2,1-2H3. The maximum Gasteiger partial charge on any atom is 0.308 e. The van der Waals surface area contributed by atoms with E-state index in [0.29, 0.717) is 6.61 Å². The molecule has 0 aliphatic heterocycles. The Morgan fingerprint density at radius 3 is 2.22 bits per heavy atom. The van der Waals surface area contributed by atoms with Gasteiger partial charge < -0.3 is 9.47 Å². The summed E-state index contributed by atoms with van der Waals surface area (Å²) in [6.45, 7) is 2.59. The fourth-order valence-corrected chi connectivity index (χ4v) is 3.07. The van der Waals surface area contributed by atoms with Gasteiger partial charge in [-0.2, -0.15) is 0 Å². The quantitative estimate of drug-likeness (QED) is 0.393. The van der Waals surface area contributed by atoms with Crippen LogP contribution in [0.3, 0.4) is 0 Å². The summed E-state index contributed by atoms with van der Waals surface area (Å²) in [5.41, 5.74) is 2.33. The fourth-order valence-electron chi connectivity index (χ4n) is 3.07. The topological polar surface area (TPSA) is 35.5 Å². The van der Waals surface area contributed by atoms with Crippen molar-refractivity contribution in [2.75, 3.05) is 13.7 Å². The number of halogens is 1. The third kappa shape index (κ3) is 7.41. The molecule has 2 rings (SSSR count). The van der Waals surface area contributed by atoms with E-state index in [-0.39, 0.29) is 17.7 Å². The van der Waals surface area contributed by atoms with E-state index in [1.165, 1.54) is 24.8 Å². The first-order valence-corrected chi connectivity index (χ1v) is 9.66. The molecule has 3 nitrogen and oxygen atoms in total. The molecule has 0 saturated carbocycles. The van der Waals surface area contributed by atoms with Gasteiger partial charge in [0.1, 0.15) is 11.6 Å². The molecule has 1 atom stereocenters. The highest BCUT2D eigenvalue weighted by atomic mass is 19.1. The Hall–Kier alpha value is -2.36. The fraction of sp³-hybridized carbons (Fsp3) is 0.435. The van der Waals surface area contributed by atoms with E-state index in [9.17, 15) is 9.18 Å². The first-order chi connectivity index (χ1) is 13.1. The van der Waals surface area contributed by atoms with Crippen LogP contribution < -0.4 is 4.74 Å². The zero-order chi connectivity index (χ0) is 19.5. The van der Waals surface area contributed by atoms with E-state index in [0.717, 1.165) is 49.8 Å². The van der Waals surface area contributed by atoms with Crippen molar-refractivity contribution in [2.45, 2.75) is 45.4 Å². The zero-order valence-electron chi connectivity index (χ0n) is 16.2. The van der Waals surface area contributed by atoms with Crippen LogP contribution in [0, 0.1) is 11.7 Å². The Bertz CT molecular complexity index is 680. The summed E-state index contributed by atoms with van der Waals surface area (Å²) in [7, 11) is 1.45. The number of aryl methyl sites for hydroxylation is 1. The minimum absolute atomic E-state index is 0.0203. The lowest BCUT2D eigenvalue weighted by Crippen LogP contribution is -2.15. The summed E-state index contributed by atoms with van der Waals surface area (Å²) in [6.07, 6.45) is 5.53. The Labute approximate surface area is 161 Å². The number of benzene rings is 2. The third-order valence-electron chi connectivity index (χ3n) is 4.79. The van der Waals surface area contributed by atoms with Gasteiger partial charge in [-0.05, 0) is 61.1 Å². The van der Waals surface area contributed by atoms with Crippen LogP contribution in [0.2, 0.25) is 0 Å². The molecule has 0 N–H and O–H groups in total. The van der Waals surface area contributed by atoms with Crippen molar-refractivity contribution >= 4 is 5.97 Å². The summed E-state index contributed by atoms with van der Waals surface area (Å²) < 4.78 is 23.5. The van der Waals surface area contributed by atoms with Gasteiger partial charge in [0, 0.05) is 6.42 Å². The van der Waals surface area contributed by atoms with Crippen LogP contribution in [-0.4, -0.2) is 19.7 Å². The minimum atomic E-state index is -0.217. The lowest BCUT2D eigenvalue weighted by molar-refractivity contribution is -0.145. The number of methoxy groups -OCH3 is 1. The van der Waals surface area contributed by atoms with Gasteiger partial charge in [0.2, 0.25) is 0 Å². The normalized spacial score (nSPS) is 11.8. The van der Waals surface area contributed by atoms with E-state index in [1.807, 2.05) is 19.1 Å². The summed E-state index contributed by atoms with van der Waals surface area (Å²) in [4.78, 5) is 11.6. The van der Waals surface area contributed by atoms with Crippen molar-refractivity contribution in [1.82, 2.24) is 0 Å². The zero-order valence-corrected chi connectivity index (χ0v) is 16.2. The summed E-state index contributed by atoms with van der Waals surface area (Å²) >= 11 is 0. The Kier molecular flexibility index (Phi) is 8.82. The van der Waals surface area contributed by atoms with Crippen LogP contribution in [0.4, 0.5) is 4.39 Å². The molecule has 0 saturated heterocycles. The van der Waals surface area contributed by atoms with Crippen LogP contribution >= 0.6 is 0 Å². The summed E-state index contributed by atoms with van der Waals surface area (Å²) in [5, 5.41) is 0. The third-order valence-corrected chi connectivity index (χ3v) is 4.79. The summed E-state index contributed by atoms with van der Waals surface area (Å²) in [6, 6.07) is 14.7. The Morgan fingerprint density at radius 2 is 1.59 bits per heavy atom. The molecule has 0 bridgehead atoms. The highest BCUT2D eigenvalue weighted by Crippen LogP contribution is 2.18. The molecule has 0 aromatic heterocycles. The number of ether oxygens (including phenoxy) is 2. The van der Waals surface area contributed by atoms with E-state index in [2.05, 4.69) is 12.1 Å². The molecule has 0 aliphatic rings. The SMILES string of the molecule is CCC(CCCCc1ccc(OCCc2ccc(F)cc2)cc1)C(=O)OC. The molecular weight excluding hydrogens is 343 g/mol. The second kappa shape index (κ2) is 11.4. The first kappa shape index (κ1) is 20.9. The maximum absolute atomic E-state index is 12.9. The molecule has 146 valence electrons. The van der Waals surface area contributed by atoms with E-state index in [1.54, 1.807) is 12.1 Å². The van der Waals surface area contributed by atoms with Crippen molar-refractivity contribution in [1.29, 1.82) is 0 Å². The van der Waals surface area contributed by atoms with Crippen molar-refractivity contribution in [2.24, 2.45) is 5.92 Å². The maximum atomic E-state index is 12.9. The minimum Gasteiger partial charge on any atom is -0.493 e. The molecule has 0 amide bonds. The summed E-state index contributed by atoms with van der Waals surface area (Å²) in [5.74, 6) is 0.551. The molecule has 2 aromatic rings. The lowest BCUT2D eigenvalue weighted by Gasteiger charge is -2.12. The van der Waals surface area contributed by atoms with E-state index < -0.39 is 0 Å². The number of hydrogen-bond donors (Lipinski definition) is 0. The number of unbranched alkanes of at least 4 members (excludes halogenated alkanes) is 1. The number of rotatable bonds is 11. The number of carbonyl (C=O) groups is 1. The van der Waals surface area contributed by atoms with Crippen LogP contribution in [-0.2, 0) is 22.4 Å². The van der Waals surface area contributed by atoms with Crippen LogP contribution in [0.25, 0.3) is 0 Å². The van der Waals surface area contributed by atoms with Gasteiger partial charge in [0.05, 0.1) is 19.6 Å². The van der Waals surface area contributed by atoms with Crippen molar-refractivity contribution < 1.29 is 18.7 Å². The molecule has 0 radical (unpaired) electrons. The van der Waals surface area contributed by atoms with Crippen molar-refractivity contribution in [3.8, 4) is 5.75 Å². The predicted molar refractivity (Wildman–Crippen MR) is 105 cm³/mol. The molecule has 4 heteroatoms. The van der Waals surface area contributed by atoms with Crippen molar-refractivity contribution in [3.05, 3.63) is 65.5 Å². The van der Waals surface area contributed by atoms with E-state index in [4.69, 9.17) is 9.47 Å². The van der Waals surface area contributed by atoms with Gasteiger partial charge in [0.15, 0.2) is 0 Å². The van der Waals surface area contributed by atoms with Gasteiger partial charge in [0.25, 0.3) is 0 Å². The van der Waals surface area contributed by atoms with Gasteiger partial charge >= 0.3 is 5.97 Å². The largest absolute Gasteiger partial charge is 0.493 e. The molecule has 1 unspecified atom stereocenters. The smallest absolute Gasteiger partial charge is 0.308 e. The molecule has 0 heterocycles. The second-order valence-electron chi connectivity index (χ2n) is 6.74. The molecular formula is C23H29FO3.